The van der Waals surface area contributed by atoms with E-state index in [0.717, 1.165) is 19.4 Å². The predicted octanol–water partition coefficient (Wildman–Crippen LogP) is 3.28. The van der Waals surface area contributed by atoms with Gasteiger partial charge in [-0.2, -0.15) is 0 Å². The van der Waals surface area contributed by atoms with Crippen LogP contribution in [0, 0.1) is 11.8 Å². The number of carboxylic acids is 1. The molecular formula is C21H31N3O4. The normalized spacial score (nSPS) is 17.9. The van der Waals surface area contributed by atoms with Gasteiger partial charge >= 0.3 is 12.0 Å². The molecule has 7 nitrogen and oxygen atoms in total. The molecule has 1 aliphatic heterocycles. The summed E-state index contributed by atoms with van der Waals surface area (Å²) in [5.74, 6) is -1.01. The Morgan fingerprint density at radius 3 is 2.46 bits per heavy atom. The molecule has 1 aromatic rings. The van der Waals surface area contributed by atoms with Gasteiger partial charge in [-0.05, 0) is 49.3 Å². The van der Waals surface area contributed by atoms with Crippen LogP contribution in [0.15, 0.2) is 24.3 Å². The van der Waals surface area contributed by atoms with E-state index in [0.29, 0.717) is 36.7 Å². The molecule has 0 aliphatic carbocycles. The van der Waals surface area contributed by atoms with E-state index in [4.69, 9.17) is 5.11 Å². The van der Waals surface area contributed by atoms with Crippen molar-refractivity contribution >= 4 is 23.6 Å². The second kappa shape index (κ2) is 10.1. The van der Waals surface area contributed by atoms with Gasteiger partial charge in [0.1, 0.15) is 0 Å². The summed E-state index contributed by atoms with van der Waals surface area (Å²) in [5.41, 5.74) is 1.34. The van der Waals surface area contributed by atoms with Crippen LogP contribution in [0.5, 0.6) is 0 Å². The molecule has 1 saturated heterocycles. The number of carboxylic acid groups (broad SMARTS) is 1. The molecule has 0 saturated carbocycles. The van der Waals surface area contributed by atoms with Crippen molar-refractivity contribution in [3.63, 3.8) is 0 Å². The number of nitrogens with one attached hydrogen (secondary N) is 2. The Morgan fingerprint density at radius 1 is 1.18 bits per heavy atom. The third kappa shape index (κ3) is 6.55. The van der Waals surface area contributed by atoms with E-state index in [9.17, 15) is 14.4 Å². The van der Waals surface area contributed by atoms with Crippen molar-refractivity contribution in [3.05, 3.63) is 29.8 Å². The van der Waals surface area contributed by atoms with Gasteiger partial charge < -0.3 is 20.6 Å². The van der Waals surface area contributed by atoms with Gasteiger partial charge in [0.25, 0.3) is 0 Å². The Morgan fingerprint density at radius 2 is 1.86 bits per heavy atom. The minimum absolute atomic E-state index is 0.0538. The first-order valence-electron chi connectivity index (χ1n) is 9.91. The van der Waals surface area contributed by atoms with Crippen LogP contribution in [0.3, 0.4) is 0 Å². The van der Waals surface area contributed by atoms with Gasteiger partial charge in [-0.1, -0.05) is 26.0 Å². The van der Waals surface area contributed by atoms with Crippen LogP contribution in [0.25, 0.3) is 0 Å². The summed E-state index contributed by atoms with van der Waals surface area (Å²) in [4.78, 5) is 37.4. The second-order valence-electron chi connectivity index (χ2n) is 7.97. The van der Waals surface area contributed by atoms with Gasteiger partial charge in [-0.3, -0.25) is 9.59 Å². The predicted molar refractivity (Wildman–Crippen MR) is 108 cm³/mol. The van der Waals surface area contributed by atoms with E-state index >= 15 is 0 Å². The van der Waals surface area contributed by atoms with Crippen molar-refractivity contribution in [1.82, 2.24) is 10.2 Å². The molecule has 7 heteroatoms. The van der Waals surface area contributed by atoms with E-state index in [1.165, 1.54) is 0 Å². The number of amides is 3. The fraction of sp³-hybridized carbons (Fsp3) is 0.571. The summed E-state index contributed by atoms with van der Waals surface area (Å²) in [5, 5.41) is 14.8. The highest BCUT2D eigenvalue weighted by atomic mass is 16.4. The lowest BCUT2D eigenvalue weighted by atomic mass is 9.94. The van der Waals surface area contributed by atoms with E-state index in [1.54, 1.807) is 36.1 Å². The lowest BCUT2D eigenvalue weighted by Gasteiger charge is -2.32. The molecule has 1 heterocycles. The zero-order valence-electron chi connectivity index (χ0n) is 16.9. The van der Waals surface area contributed by atoms with Crippen molar-refractivity contribution in [2.75, 3.05) is 25.0 Å². The minimum Gasteiger partial charge on any atom is -0.481 e. The van der Waals surface area contributed by atoms with Gasteiger partial charge in [0.2, 0.25) is 5.91 Å². The van der Waals surface area contributed by atoms with E-state index < -0.39 is 11.9 Å². The summed E-state index contributed by atoms with van der Waals surface area (Å²) in [6.07, 6.45) is 2.19. The average molecular weight is 389 g/mol. The highest BCUT2D eigenvalue weighted by Crippen LogP contribution is 2.22. The number of likely N-dealkylation sites (tertiary alicyclic amines) is 1. The standard InChI is InChI=1S/C21H31N3O4/c1-14(2)12-22-21(28)24-10-4-5-16(13-24)11-19(25)23-18-8-6-17(7-9-18)15(3)20(26)27/h6-9,14-16H,4-5,10-13H2,1-3H3,(H,22,28)(H,23,25)(H,26,27). The summed E-state index contributed by atoms with van der Waals surface area (Å²) >= 11 is 0. The Hall–Kier alpha value is -2.57. The molecule has 3 amide bonds. The first-order chi connectivity index (χ1) is 13.3. The number of benzene rings is 1. The van der Waals surface area contributed by atoms with Crippen LogP contribution in [0.4, 0.5) is 10.5 Å². The van der Waals surface area contributed by atoms with Crippen LogP contribution in [0.2, 0.25) is 0 Å². The second-order valence-corrected chi connectivity index (χ2v) is 7.97. The number of carbonyl (C=O) groups is 3. The fourth-order valence-electron chi connectivity index (χ4n) is 3.29. The minimum atomic E-state index is -0.879. The molecule has 154 valence electrons. The van der Waals surface area contributed by atoms with Gasteiger partial charge in [0.05, 0.1) is 5.92 Å². The number of hydrogen-bond donors (Lipinski definition) is 3. The van der Waals surface area contributed by atoms with Crippen molar-refractivity contribution in [2.24, 2.45) is 11.8 Å². The molecule has 2 atom stereocenters. The number of carbonyl (C=O) groups excluding carboxylic acids is 2. The Labute approximate surface area is 166 Å². The van der Waals surface area contributed by atoms with Crippen molar-refractivity contribution < 1.29 is 19.5 Å². The van der Waals surface area contributed by atoms with Crippen LogP contribution in [-0.4, -0.2) is 47.5 Å². The van der Waals surface area contributed by atoms with Crippen molar-refractivity contribution in [1.29, 1.82) is 0 Å². The Bertz CT molecular complexity index is 687. The van der Waals surface area contributed by atoms with Gasteiger partial charge in [-0.15, -0.1) is 0 Å². The smallest absolute Gasteiger partial charge is 0.317 e. The third-order valence-electron chi connectivity index (χ3n) is 5.01. The number of anilines is 1. The van der Waals surface area contributed by atoms with E-state index in [2.05, 4.69) is 24.5 Å². The lowest BCUT2D eigenvalue weighted by Crippen LogP contribution is -2.46. The monoisotopic (exact) mass is 389 g/mol. The lowest BCUT2D eigenvalue weighted by molar-refractivity contribution is -0.138. The van der Waals surface area contributed by atoms with Crippen LogP contribution in [-0.2, 0) is 9.59 Å². The van der Waals surface area contributed by atoms with Crippen molar-refractivity contribution in [3.8, 4) is 0 Å². The third-order valence-corrected chi connectivity index (χ3v) is 5.01. The molecule has 0 bridgehead atoms. The first-order valence-corrected chi connectivity index (χ1v) is 9.91. The number of urea groups is 1. The maximum Gasteiger partial charge on any atom is 0.317 e. The van der Waals surface area contributed by atoms with Gasteiger partial charge in [0, 0.05) is 31.7 Å². The number of aliphatic carboxylic acids is 1. The maximum absolute atomic E-state index is 12.4. The average Bonchev–Trinajstić information content (AvgIpc) is 2.66. The zero-order valence-corrected chi connectivity index (χ0v) is 16.9. The molecule has 2 rings (SSSR count). The van der Waals surface area contributed by atoms with Gasteiger partial charge in [-0.25, -0.2) is 4.79 Å². The van der Waals surface area contributed by atoms with Crippen LogP contribution >= 0.6 is 0 Å². The number of rotatable bonds is 7. The largest absolute Gasteiger partial charge is 0.481 e. The van der Waals surface area contributed by atoms with E-state index in [-0.39, 0.29) is 17.9 Å². The molecule has 1 fully saturated rings. The molecule has 0 aromatic heterocycles. The molecule has 1 aliphatic rings. The van der Waals surface area contributed by atoms with Crippen LogP contribution in [0.1, 0.15) is 51.5 Å². The van der Waals surface area contributed by atoms with Crippen molar-refractivity contribution in [2.45, 2.75) is 46.0 Å². The highest BCUT2D eigenvalue weighted by molar-refractivity contribution is 5.91. The van der Waals surface area contributed by atoms with E-state index in [1.807, 2.05) is 0 Å². The first kappa shape index (κ1) is 21.7. The maximum atomic E-state index is 12.4. The fourth-order valence-corrected chi connectivity index (χ4v) is 3.29. The molecule has 0 spiro atoms. The molecular weight excluding hydrogens is 358 g/mol. The van der Waals surface area contributed by atoms with Gasteiger partial charge in [0.15, 0.2) is 0 Å². The summed E-state index contributed by atoms with van der Waals surface area (Å²) in [6, 6.07) is 6.83. The molecule has 28 heavy (non-hydrogen) atoms. The Kier molecular flexibility index (Phi) is 7.84. The quantitative estimate of drug-likeness (QED) is 0.666. The molecule has 1 aromatic carbocycles. The topological polar surface area (TPSA) is 98.7 Å². The molecule has 2 unspecified atom stereocenters. The zero-order chi connectivity index (χ0) is 20.7. The molecule has 0 radical (unpaired) electrons. The summed E-state index contributed by atoms with van der Waals surface area (Å²) in [6.45, 7) is 7.70. The number of piperidine rings is 1. The summed E-state index contributed by atoms with van der Waals surface area (Å²) < 4.78 is 0. The SMILES string of the molecule is CC(C)CNC(=O)N1CCCC(CC(=O)Nc2ccc(C(C)C(=O)O)cc2)C1. The highest BCUT2D eigenvalue weighted by Gasteiger charge is 2.25. The number of hydrogen-bond acceptors (Lipinski definition) is 3. The summed E-state index contributed by atoms with van der Waals surface area (Å²) in [7, 11) is 0. The number of nitrogens with zero attached hydrogens (tertiary/aromatic N) is 1. The van der Waals surface area contributed by atoms with Crippen LogP contribution < -0.4 is 10.6 Å². The Balaban J connectivity index is 1.83. The molecule has 3 N–H and O–H groups in total.